The summed E-state index contributed by atoms with van der Waals surface area (Å²) in [6.45, 7) is 1.27. The van der Waals surface area contributed by atoms with Gasteiger partial charge in [-0.25, -0.2) is 0 Å². The maximum atomic E-state index is 12.0. The number of rotatable bonds is 6. The number of carbonyl (C=O) groups is 1. The topological polar surface area (TPSA) is 58.6 Å². The molecule has 0 radical (unpaired) electrons. The van der Waals surface area contributed by atoms with Crippen molar-refractivity contribution in [1.29, 1.82) is 0 Å². The van der Waals surface area contributed by atoms with Crippen molar-refractivity contribution in [2.24, 2.45) is 0 Å². The van der Waals surface area contributed by atoms with Crippen LogP contribution in [-0.4, -0.2) is 37.4 Å². The second-order valence-corrected chi connectivity index (χ2v) is 5.85. The SMILES string of the molecule is O=C(NCCOCCO)c1cc2c(s1)CCCCC2. The summed E-state index contributed by atoms with van der Waals surface area (Å²) in [6.07, 6.45) is 6.00. The molecule has 1 aliphatic rings. The first-order chi connectivity index (χ1) is 9.31. The number of ether oxygens (including phenoxy) is 1. The lowest BCUT2D eigenvalue weighted by atomic mass is 10.1. The smallest absolute Gasteiger partial charge is 0.261 e. The van der Waals surface area contributed by atoms with Crippen LogP contribution in [0.3, 0.4) is 0 Å². The van der Waals surface area contributed by atoms with Crippen LogP contribution in [0.15, 0.2) is 6.07 Å². The highest BCUT2D eigenvalue weighted by Gasteiger charge is 2.15. The van der Waals surface area contributed by atoms with E-state index in [-0.39, 0.29) is 12.5 Å². The van der Waals surface area contributed by atoms with E-state index in [0.29, 0.717) is 19.8 Å². The lowest BCUT2D eigenvalue weighted by molar-refractivity contribution is 0.0840. The molecule has 1 aromatic heterocycles. The van der Waals surface area contributed by atoms with Gasteiger partial charge in [-0.2, -0.15) is 0 Å². The van der Waals surface area contributed by atoms with Crippen LogP contribution < -0.4 is 5.32 Å². The van der Waals surface area contributed by atoms with Gasteiger partial charge in [-0.1, -0.05) is 6.42 Å². The van der Waals surface area contributed by atoms with Crippen molar-refractivity contribution in [3.05, 3.63) is 21.4 Å². The van der Waals surface area contributed by atoms with E-state index in [1.165, 1.54) is 29.7 Å². The van der Waals surface area contributed by atoms with E-state index in [9.17, 15) is 4.79 Å². The predicted octanol–water partition coefficient (Wildman–Crippen LogP) is 1.76. The molecular formula is C14H21NO3S. The van der Waals surface area contributed by atoms with Crippen LogP contribution in [0.25, 0.3) is 0 Å². The van der Waals surface area contributed by atoms with Gasteiger partial charge in [0.15, 0.2) is 0 Å². The number of thiophene rings is 1. The average molecular weight is 283 g/mol. The zero-order chi connectivity index (χ0) is 13.5. The van der Waals surface area contributed by atoms with E-state index in [1.807, 2.05) is 0 Å². The molecule has 1 amide bonds. The van der Waals surface area contributed by atoms with E-state index in [0.717, 1.165) is 17.7 Å². The monoisotopic (exact) mass is 283 g/mol. The number of aryl methyl sites for hydroxylation is 2. The molecule has 0 saturated carbocycles. The molecule has 0 fully saturated rings. The molecule has 0 bridgehead atoms. The quantitative estimate of drug-likeness (QED) is 0.618. The highest BCUT2D eigenvalue weighted by Crippen LogP contribution is 2.28. The Hall–Kier alpha value is -0.910. The van der Waals surface area contributed by atoms with E-state index >= 15 is 0 Å². The number of hydrogen-bond donors (Lipinski definition) is 2. The van der Waals surface area contributed by atoms with Crippen molar-refractivity contribution in [2.75, 3.05) is 26.4 Å². The third kappa shape index (κ3) is 4.30. The molecule has 1 aliphatic carbocycles. The molecule has 4 nitrogen and oxygen atoms in total. The Labute approximate surface area is 117 Å². The van der Waals surface area contributed by atoms with Gasteiger partial charge in [0.2, 0.25) is 0 Å². The van der Waals surface area contributed by atoms with Gasteiger partial charge in [-0.05, 0) is 37.3 Å². The standard InChI is InChI=1S/C14H21NO3S/c16-7-9-18-8-6-15-14(17)13-10-11-4-2-1-3-5-12(11)19-13/h10,16H,1-9H2,(H,15,17). The summed E-state index contributed by atoms with van der Waals surface area (Å²) in [5, 5.41) is 11.4. The molecule has 106 valence electrons. The molecule has 0 aromatic carbocycles. The molecular weight excluding hydrogens is 262 g/mol. The Morgan fingerprint density at radius 3 is 3.00 bits per heavy atom. The molecule has 0 saturated heterocycles. The van der Waals surface area contributed by atoms with Gasteiger partial charge in [0, 0.05) is 11.4 Å². The lowest BCUT2D eigenvalue weighted by Gasteiger charge is -2.04. The van der Waals surface area contributed by atoms with Crippen LogP contribution in [0.2, 0.25) is 0 Å². The molecule has 2 N–H and O–H groups in total. The summed E-state index contributed by atoms with van der Waals surface area (Å²) >= 11 is 1.63. The normalized spacial score (nSPS) is 14.8. The van der Waals surface area contributed by atoms with E-state index in [1.54, 1.807) is 11.3 Å². The summed E-state index contributed by atoms with van der Waals surface area (Å²) in [5.74, 6) is -0.00864. The lowest BCUT2D eigenvalue weighted by Crippen LogP contribution is -2.26. The Bertz CT molecular complexity index is 393. The second-order valence-electron chi connectivity index (χ2n) is 4.71. The summed E-state index contributed by atoms with van der Waals surface area (Å²) < 4.78 is 5.11. The van der Waals surface area contributed by atoms with E-state index in [2.05, 4.69) is 11.4 Å². The Morgan fingerprint density at radius 1 is 1.32 bits per heavy atom. The minimum Gasteiger partial charge on any atom is -0.394 e. The molecule has 5 heteroatoms. The van der Waals surface area contributed by atoms with Gasteiger partial charge < -0.3 is 15.2 Å². The van der Waals surface area contributed by atoms with Gasteiger partial charge in [0.25, 0.3) is 5.91 Å². The van der Waals surface area contributed by atoms with Crippen molar-refractivity contribution in [3.8, 4) is 0 Å². The fourth-order valence-corrected chi connectivity index (χ4v) is 3.44. The molecule has 0 atom stereocenters. The van der Waals surface area contributed by atoms with Gasteiger partial charge >= 0.3 is 0 Å². The number of aliphatic hydroxyl groups excluding tert-OH is 1. The number of aliphatic hydroxyl groups is 1. The number of nitrogens with one attached hydrogen (secondary N) is 1. The second kappa shape index (κ2) is 7.62. The predicted molar refractivity (Wildman–Crippen MR) is 75.8 cm³/mol. The van der Waals surface area contributed by atoms with Crippen molar-refractivity contribution < 1.29 is 14.6 Å². The average Bonchev–Trinajstić information content (AvgIpc) is 2.70. The zero-order valence-electron chi connectivity index (χ0n) is 11.1. The third-order valence-corrected chi connectivity index (χ3v) is 4.47. The van der Waals surface area contributed by atoms with Crippen molar-refractivity contribution in [2.45, 2.75) is 32.1 Å². The Kier molecular flexibility index (Phi) is 5.82. The highest BCUT2D eigenvalue weighted by molar-refractivity contribution is 7.14. The molecule has 1 aromatic rings. The summed E-state index contributed by atoms with van der Waals surface area (Å²) in [5.41, 5.74) is 1.36. The summed E-state index contributed by atoms with van der Waals surface area (Å²) in [7, 11) is 0. The van der Waals surface area contributed by atoms with Gasteiger partial charge in [0.1, 0.15) is 0 Å². The van der Waals surface area contributed by atoms with Crippen LogP contribution in [-0.2, 0) is 17.6 Å². The third-order valence-electron chi connectivity index (χ3n) is 3.24. The first-order valence-electron chi connectivity index (χ1n) is 6.89. The molecule has 0 spiro atoms. The maximum Gasteiger partial charge on any atom is 0.261 e. The molecule has 0 aliphatic heterocycles. The Balaban J connectivity index is 1.82. The molecule has 1 heterocycles. The summed E-state index contributed by atoms with van der Waals surface area (Å²) in [4.78, 5) is 14.2. The van der Waals surface area contributed by atoms with Gasteiger partial charge in [-0.3, -0.25) is 4.79 Å². The fraction of sp³-hybridized carbons (Fsp3) is 0.643. The minimum atomic E-state index is -0.00864. The molecule has 19 heavy (non-hydrogen) atoms. The van der Waals surface area contributed by atoms with E-state index < -0.39 is 0 Å². The van der Waals surface area contributed by atoms with Crippen LogP contribution in [0.5, 0.6) is 0 Å². The van der Waals surface area contributed by atoms with Crippen molar-refractivity contribution in [3.63, 3.8) is 0 Å². The van der Waals surface area contributed by atoms with Crippen molar-refractivity contribution >= 4 is 17.2 Å². The first kappa shape index (κ1) is 14.5. The summed E-state index contributed by atoms with van der Waals surface area (Å²) in [6, 6.07) is 2.05. The van der Waals surface area contributed by atoms with Crippen LogP contribution in [0.4, 0.5) is 0 Å². The maximum absolute atomic E-state index is 12.0. The minimum absolute atomic E-state index is 0.00864. The number of amides is 1. The Morgan fingerprint density at radius 2 is 2.16 bits per heavy atom. The fourth-order valence-electron chi connectivity index (χ4n) is 2.27. The van der Waals surface area contributed by atoms with Crippen molar-refractivity contribution in [1.82, 2.24) is 5.32 Å². The van der Waals surface area contributed by atoms with Crippen LogP contribution in [0, 0.1) is 0 Å². The van der Waals surface area contributed by atoms with Gasteiger partial charge in [0.05, 0.1) is 24.7 Å². The largest absolute Gasteiger partial charge is 0.394 e. The van der Waals surface area contributed by atoms with Crippen LogP contribution in [0.1, 0.15) is 39.4 Å². The zero-order valence-corrected chi connectivity index (χ0v) is 11.9. The molecule has 0 unspecified atom stereocenters. The first-order valence-corrected chi connectivity index (χ1v) is 7.71. The van der Waals surface area contributed by atoms with Crippen LogP contribution >= 0.6 is 11.3 Å². The highest BCUT2D eigenvalue weighted by atomic mass is 32.1. The number of fused-ring (bicyclic) bond motifs is 1. The van der Waals surface area contributed by atoms with Gasteiger partial charge in [-0.15, -0.1) is 11.3 Å². The van der Waals surface area contributed by atoms with E-state index in [4.69, 9.17) is 9.84 Å². The molecule has 2 rings (SSSR count). The number of hydrogen-bond acceptors (Lipinski definition) is 4. The number of carbonyl (C=O) groups excluding carboxylic acids is 1.